The lowest BCUT2D eigenvalue weighted by Gasteiger charge is -2.27. The SMILES string of the molecule is Cc1[nH]c(/C=C2\C(=O)Nc3c(NC(N)=O)cc(F)cc32)c(C(F)(F)F)c1NC(=O)N1CCCCC1. The van der Waals surface area contributed by atoms with Crippen molar-refractivity contribution >= 4 is 46.7 Å². The molecule has 5 amide bonds. The molecule has 0 saturated carbocycles. The highest BCUT2D eigenvalue weighted by molar-refractivity contribution is 6.36. The first-order valence-corrected chi connectivity index (χ1v) is 10.7. The number of carbonyl (C=O) groups is 3. The minimum atomic E-state index is -4.89. The highest BCUT2D eigenvalue weighted by Crippen LogP contribution is 2.43. The average Bonchev–Trinajstić information content (AvgIpc) is 3.25. The molecule has 0 atom stereocenters. The van der Waals surface area contributed by atoms with Crippen molar-refractivity contribution in [2.75, 3.05) is 29.0 Å². The number of nitrogens with two attached hydrogens (primary N) is 1. The van der Waals surface area contributed by atoms with Gasteiger partial charge in [-0.25, -0.2) is 14.0 Å². The summed E-state index contributed by atoms with van der Waals surface area (Å²) in [6.45, 7) is 2.25. The number of hydrogen-bond donors (Lipinski definition) is 5. The topological polar surface area (TPSA) is 132 Å². The second kappa shape index (κ2) is 8.96. The van der Waals surface area contributed by atoms with Crippen molar-refractivity contribution in [3.63, 3.8) is 0 Å². The number of rotatable bonds is 3. The molecule has 3 heterocycles. The van der Waals surface area contributed by atoms with Crippen molar-refractivity contribution in [2.45, 2.75) is 32.4 Å². The highest BCUT2D eigenvalue weighted by Gasteiger charge is 2.40. The van der Waals surface area contributed by atoms with Crippen LogP contribution >= 0.6 is 0 Å². The molecule has 1 aromatic carbocycles. The zero-order valence-corrected chi connectivity index (χ0v) is 18.5. The van der Waals surface area contributed by atoms with Crippen LogP contribution in [0.3, 0.4) is 0 Å². The molecule has 4 rings (SSSR count). The highest BCUT2D eigenvalue weighted by atomic mass is 19.4. The summed E-state index contributed by atoms with van der Waals surface area (Å²) < 4.78 is 56.5. The maximum atomic E-state index is 14.2. The van der Waals surface area contributed by atoms with Gasteiger partial charge >= 0.3 is 18.2 Å². The molecule has 1 fully saturated rings. The zero-order chi connectivity index (χ0) is 25.5. The number of nitrogens with one attached hydrogen (secondary N) is 4. The van der Waals surface area contributed by atoms with Crippen LogP contribution in [0.4, 0.5) is 44.2 Å². The summed E-state index contributed by atoms with van der Waals surface area (Å²) in [7, 11) is 0. The van der Waals surface area contributed by atoms with Gasteiger partial charge in [0.15, 0.2) is 0 Å². The summed E-state index contributed by atoms with van der Waals surface area (Å²) in [5, 5.41) is 6.93. The Balaban J connectivity index is 1.78. The van der Waals surface area contributed by atoms with Gasteiger partial charge in [0.05, 0.1) is 28.3 Å². The lowest BCUT2D eigenvalue weighted by atomic mass is 10.0. The molecule has 0 spiro atoms. The number of piperidine rings is 1. The fourth-order valence-corrected chi connectivity index (χ4v) is 4.27. The number of aromatic amines is 1. The van der Waals surface area contributed by atoms with Crippen molar-refractivity contribution in [1.29, 1.82) is 0 Å². The molecule has 0 radical (unpaired) electrons. The summed E-state index contributed by atoms with van der Waals surface area (Å²) in [5.74, 6) is -1.65. The van der Waals surface area contributed by atoms with Crippen molar-refractivity contribution in [2.24, 2.45) is 5.73 Å². The lowest BCUT2D eigenvalue weighted by molar-refractivity contribution is -0.137. The van der Waals surface area contributed by atoms with Crippen molar-refractivity contribution in [3.05, 3.63) is 40.5 Å². The normalized spacial score (nSPS) is 16.8. The van der Waals surface area contributed by atoms with E-state index in [1.165, 1.54) is 11.8 Å². The maximum absolute atomic E-state index is 14.2. The fourth-order valence-electron chi connectivity index (χ4n) is 4.27. The molecule has 35 heavy (non-hydrogen) atoms. The second-order valence-electron chi connectivity index (χ2n) is 8.27. The van der Waals surface area contributed by atoms with Gasteiger partial charge in [-0.05, 0) is 44.4 Å². The van der Waals surface area contributed by atoms with E-state index in [0.717, 1.165) is 37.5 Å². The van der Waals surface area contributed by atoms with Crippen LogP contribution in [-0.4, -0.2) is 40.9 Å². The van der Waals surface area contributed by atoms with E-state index >= 15 is 0 Å². The first-order chi connectivity index (χ1) is 16.5. The molecular formula is C22H22F4N6O3. The summed E-state index contributed by atoms with van der Waals surface area (Å²) in [4.78, 5) is 40.5. The molecule has 2 aliphatic heterocycles. The van der Waals surface area contributed by atoms with Crippen LogP contribution in [0.2, 0.25) is 0 Å². The van der Waals surface area contributed by atoms with E-state index in [1.807, 2.05) is 0 Å². The number of nitrogens with zero attached hydrogens (tertiary/aromatic N) is 1. The minimum absolute atomic E-state index is 0.00286. The summed E-state index contributed by atoms with van der Waals surface area (Å²) >= 11 is 0. The first kappa shape index (κ1) is 24.1. The number of anilines is 3. The third-order valence-corrected chi connectivity index (χ3v) is 5.80. The Morgan fingerprint density at radius 3 is 2.46 bits per heavy atom. The van der Waals surface area contributed by atoms with E-state index < -0.39 is 46.9 Å². The molecule has 1 aromatic heterocycles. The number of H-pyrrole nitrogens is 1. The molecule has 2 aromatic rings. The Morgan fingerprint density at radius 2 is 1.83 bits per heavy atom. The number of aryl methyl sites for hydroxylation is 1. The predicted molar refractivity (Wildman–Crippen MR) is 121 cm³/mol. The number of amides is 5. The predicted octanol–water partition coefficient (Wildman–Crippen LogP) is 4.48. The van der Waals surface area contributed by atoms with Gasteiger partial charge in [-0.3, -0.25) is 4.79 Å². The van der Waals surface area contributed by atoms with E-state index in [2.05, 4.69) is 20.9 Å². The molecule has 0 bridgehead atoms. The van der Waals surface area contributed by atoms with Crippen molar-refractivity contribution in [3.8, 4) is 0 Å². The Morgan fingerprint density at radius 1 is 1.14 bits per heavy atom. The molecule has 9 nitrogen and oxygen atoms in total. The number of hydrogen-bond acceptors (Lipinski definition) is 3. The van der Waals surface area contributed by atoms with Gasteiger partial charge in [-0.15, -0.1) is 0 Å². The smallest absolute Gasteiger partial charge is 0.357 e. The quantitative estimate of drug-likeness (QED) is 0.318. The second-order valence-corrected chi connectivity index (χ2v) is 8.27. The number of urea groups is 2. The molecule has 0 unspecified atom stereocenters. The third-order valence-electron chi connectivity index (χ3n) is 5.80. The van der Waals surface area contributed by atoms with Gasteiger partial charge in [-0.2, -0.15) is 13.2 Å². The zero-order valence-electron chi connectivity index (χ0n) is 18.5. The lowest BCUT2D eigenvalue weighted by Crippen LogP contribution is -2.39. The average molecular weight is 494 g/mol. The molecule has 1 saturated heterocycles. The first-order valence-electron chi connectivity index (χ1n) is 10.7. The van der Waals surface area contributed by atoms with Crippen LogP contribution in [0.15, 0.2) is 12.1 Å². The van der Waals surface area contributed by atoms with Crippen LogP contribution in [0.5, 0.6) is 0 Å². The van der Waals surface area contributed by atoms with Crippen LogP contribution in [0.25, 0.3) is 11.6 Å². The third kappa shape index (κ3) is 4.79. The van der Waals surface area contributed by atoms with E-state index in [9.17, 15) is 31.9 Å². The van der Waals surface area contributed by atoms with Gasteiger partial charge in [-0.1, -0.05) is 0 Å². The number of likely N-dealkylation sites (tertiary alicyclic amines) is 1. The molecule has 2 aliphatic rings. The van der Waals surface area contributed by atoms with Crippen LogP contribution < -0.4 is 21.7 Å². The number of benzene rings is 1. The summed E-state index contributed by atoms with van der Waals surface area (Å²) in [6, 6.07) is 0.205. The Kier molecular flexibility index (Phi) is 6.17. The standard InChI is InChI=1S/C22H22F4N6O3/c1-10-17(31-21(35)32-5-3-2-4-6-32)16(22(24,25)26)14(28-10)9-13-12-7-11(23)8-15(29-20(27)34)18(12)30-19(13)33/h7-9,28H,2-6H2,1H3,(H,30,33)(H,31,35)(H3,27,29,34)/b13-9-. The Bertz CT molecular complexity index is 1240. The van der Waals surface area contributed by atoms with Crippen LogP contribution in [-0.2, 0) is 11.0 Å². The number of primary amides is 1. The minimum Gasteiger partial charge on any atom is -0.357 e. The van der Waals surface area contributed by atoms with Gasteiger partial charge in [0.25, 0.3) is 5.91 Å². The fraction of sp³-hybridized carbons (Fsp3) is 0.318. The number of halogens is 4. The van der Waals surface area contributed by atoms with Crippen molar-refractivity contribution < 1.29 is 31.9 Å². The number of fused-ring (bicyclic) bond motifs is 1. The molecule has 13 heteroatoms. The van der Waals surface area contributed by atoms with E-state index in [0.29, 0.717) is 13.1 Å². The van der Waals surface area contributed by atoms with Crippen molar-refractivity contribution in [1.82, 2.24) is 9.88 Å². The molecular weight excluding hydrogens is 472 g/mol. The maximum Gasteiger partial charge on any atom is 0.420 e. The largest absolute Gasteiger partial charge is 0.420 e. The number of aromatic nitrogens is 1. The van der Waals surface area contributed by atoms with Gasteiger partial charge < -0.3 is 31.6 Å². The summed E-state index contributed by atoms with van der Waals surface area (Å²) in [5.41, 5.74) is 2.53. The van der Waals surface area contributed by atoms with Crippen LogP contribution in [0.1, 0.15) is 41.8 Å². The molecule has 186 valence electrons. The van der Waals surface area contributed by atoms with Crippen LogP contribution in [0, 0.1) is 12.7 Å². The molecule has 6 N–H and O–H groups in total. The summed E-state index contributed by atoms with van der Waals surface area (Å²) in [6.07, 6.45) is -1.48. The Labute approximate surface area is 196 Å². The molecule has 0 aliphatic carbocycles. The van der Waals surface area contributed by atoms with E-state index in [1.54, 1.807) is 0 Å². The monoisotopic (exact) mass is 494 g/mol. The van der Waals surface area contributed by atoms with E-state index in [4.69, 9.17) is 5.73 Å². The van der Waals surface area contributed by atoms with Gasteiger partial charge in [0, 0.05) is 24.3 Å². The van der Waals surface area contributed by atoms with Gasteiger partial charge in [0.2, 0.25) is 0 Å². The Hall–Kier alpha value is -4.03. The number of carbonyl (C=O) groups excluding carboxylic acids is 3. The number of alkyl halides is 3. The van der Waals surface area contributed by atoms with Gasteiger partial charge in [0.1, 0.15) is 11.4 Å². The van der Waals surface area contributed by atoms with E-state index in [-0.39, 0.29) is 28.2 Å².